The number of esters is 1. The molecule has 6 nitrogen and oxygen atoms in total. The molecule has 0 fully saturated rings. The van der Waals surface area contributed by atoms with Crippen LogP contribution in [0.25, 0.3) is 0 Å². The van der Waals surface area contributed by atoms with Crippen molar-refractivity contribution in [3.63, 3.8) is 0 Å². The van der Waals surface area contributed by atoms with Crippen molar-refractivity contribution >= 4 is 40.9 Å². The molecular weight excluding hydrogens is 388 g/mol. The number of amides is 2. The third-order valence-corrected chi connectivity index (χ3v) is 4.86. The van der Waals surface area contributed by atoms with Crippen LogP contribution in [0.4, 0.5) is 11.4 Å². The standard InChI is InChI=1S/C22H26N2O4S/c1-3-12-28-22(27)17-6-5-7-19(13-17)24-21(26)15-29-14-20(25)23-18-10-8-16(4-2)9-11-18/h5-11,13H,3-4,12,14-15H2,1-2H3,(H,23,25)(H,24,26). The van der Waals surface area contributed by atoms with Gasteiger partial charge in [0.25, 0.3) is 0 Å². The average molecular weight is 415 g/mol. The average Bonchev–Trinajstić information content (AvgIpc) is 2.72. The maximum atomic E-state index is 12.1. The Hall–Kier alpha value is -2.80. The van der Waals surface area contributed by atoms with E-state index in [9.17, 15) is 14.4 Å². The Morgan fingerprint density at radius 1 is 0.897 bits per heavy atom. The smallest absolute Gasteiger partial charge is 0.338 e. The maximum absolute atomic E-state index is 12.1. The predicted molar refractivity (Wildman–Crippen MR) is 117 cm³/mol. The molecule has 2 amide bonds. The highest BCUT2D eigenvalue weighted by Gasteiger charge is 2.10. The van der Waals surface area contributed by atoms with Crippen LogP contribution in [0.3, 0.4) is 0 Å². The summed E-state index contributed by atoms with van der Waals surface area (Å²) in [6.45, 7) is 4.35. The van der Waals surface area contributed by atoms with Gasteiger partial charge >= 0.3 is 5.97 Å². The van der Waals surface area contributed by atoms with Gasteiger partial charge in [0.2, 0.25) is 11.8 Å². The number of hydrogen-bond acceptors (Lipinski definition) is 5. The topological polar surface area (TPSA) is 84.5 Å². The summed E-state index contributed by atoms with van der Waals surface area (Å²) >= 11 is 1.22. The molecule has 0 atom stereocenters. The minimum atomic E-state index is -0.416. The monoisotopic (exact) mass is 414 g/mol. The fraction of sp³-hybridized carbons (Fsp3) is 0.318. The zero-order valence-electron chi connectivity index (χ0n) is 16.7. The van der Waals surface area contributed by atoms with E-state index in [2.05, 4.69) is 17.6 Å². The van der Waals surface area contributed by atoms with Gasteiger partial charge in [0.05, 0.1) is 23.7 Å². The maximum Gasteiger partial charge on any atom is 0.338 e. The molecule has 2 N–H and O–H groups in total. The first-order chi connectivity index (χ1) is 14.0. The SMILES string of the molecule is CCCOC(=O)c1cccc(NC(=O)CSCC(=O)Nc2ccc(CC)cc2)c1. The molecular formula is C22H26N2O4S. The molecule has 0 unspecified atom stereocenters. The Balaban J connectivity index is 1.75. The van der Waals surface area contributed by atoms with E-state index in [1.165, 1.54) is 17.3 Å². The molecule has 0 spiro atoms. The van der Waals surface area contributed by atoms with Crippen LogP contribution in [0.2, 0.25) is 0 Å². The molecule has 0 heterocycles. The van der Waals surface area contributed by atoms with Crippen molar-refractivity contribution in [1.82, 2.24) is 0 Å². The number of hydrogen-bond donors (Lipinski definition) is 2. The van der Waals surface area contributed by atoms with E-state index < -0.39 is 5.97 Å². The molecule has 29 heavy (non-hydrogen) atoms. The molecule has 2 aromatic carbocycles. The van der Waals surface area contributed by atoms with Crippen LogP contribution in [0.1, 0.15) is 36.2 Å². The lowest BCUT2D eigenvalue weighted by Crippen LogP contribution is -2.18. The number of ether oxygens (including phenoxy) is 1. The van der Waals surface area contributed by atoms with Crippen molar-refractivity contribution in [2.75, 3.05) is 28.7 Å². The van der Waals surface area contributed by atoms with Gasteiger partial charge in [0.1, 0.15) is 0 Å². The lowest BCUT2D eigenvalue weighted by molar-refractivity contribution is -0.114. The quantitative estimate of drug-likeness (QED) is 0.571. The predicted octanol–water partition coefficient (Wildman–Crippen LogP) is 4.13. The fourth-order valence-corrected chi connectivity index (χ4v) is 3.07. The Bertz CT molecular complexity index is 837. The number of nitrogens with one attached hydrogen (secondary N) is 2. The molecule has 0 saturated heterocycles. The van der Waals surface area contributed by atoms with E-state index in [1.807, 2.05) is 31.2 Å². The molecule has 0 aliphatic heterocycles. The Morgan fingerprint density at radius 3 is 2.17 bits per heavy atom. The first-order valence-electron chi connectivity index (χ1n) is 9.55. The lowest BCUT2D eigenvalue weighted by Gasteiger charge is -2.08. The third kappa shape index (κ3) is 7.99. The molecule has 0 aromatic heterocycles. The van der Waals surface area contributed by atoms with E-state index in [1.54, 1.807) is 24.3 Å². The normalized spacial score (nSPS) is 10.3. The van der Waals surface area contributed by atoms with Gasteiger partial charge in [-0.05, 0) is 48.7 Å². The molecule has 0 bridgehead atoms. The van der Waals surface area contributed by atoms with Gasteiger partial charge in [-0.2, -0.15) is 0 Å². The van der Waals surface area contributed by atoms with Crippen molar-refractivity contribution in [3.8, 4) is 0 Å². The summed E-state index contributed by atoms with van der Waals surface area (Å²) in [5.74, 6) is -0.512. The van der Waals surface area contributed by atoms with Crippen molar-refractivity contribution in [1.29, 1.82) is 0 Å². The molecule has 2 rings (SSSR count). The number of carbonyl (C=O) groups excluding carboxylic acids is 3. The highest BCUT2D eigenvalue weighted by molar-refractivity contribution is 8.00. The Kier molecular flexibility index (Phi) is 9.24. The van der Waals surface area contributed by atoms with Crippen molar-refractivity contribution in [2.24, 2.45) is 0 Å². The molecule has 0 saturated carbocycles. The Morgan fingerprint density at radius 2 is 1.55 bits per heavy atom. The third-order valence-electron chi connectivity index (χ3n) is 3.93. The summed E-state index contributed by atoms with van der Waals surface area (Å²) in [5, 5.41) is 5.54. The van der Waals surface area contributed by atoms with Crippen LogP contribution in [-0.4, -0.2) is 35.9 Å². The number of benzene rings is 2. The first-order valence-corrected chi connectivity index (χ1v) is 10.7. The fourth-order valence-electron chi connectivity index (χ4n) is 2.46. The molecule has 154 valence electrons. The van der Waals surface area contributed by atoms with Gasteiger partial charge in [-0.1, -0.05) is 32.0 Å². The zero-order valence-corrected chi connectivity index (χ0v) is 17.5. The lowest BCUT2D eigenvalue weighted by atomic mass is 10.1. The number of carbonyl (C=O) groups is 3. The first kappa shape index (κ1) is 22.5. The summed E-state index contributed by atoms with van der Waals surface area (Å²) in [7, 11) is 0. The van der Waals surface area contributed by atoms with E-state index in [4.69, 9.17) is 4.74 Å². The van der Waals surface area contributed by atoms with E-state index in [0.29, 0.717) is 17.9 Å². The summed E-state index contributed by atoms with van der Waals surface area (Å²) < 4.78 is 5.09. The van der Waals surface area contributed by atoms with E-state index >= 15 is 0 Å². The molecule has 0 aliphatic carbocycles. The van der Waals surface area contributed by atoms with Crippen LogP contribution in [0, 0.1) is 0 Å². The van der Waals surface area contributed by atoms with Crippen molar-refractivity contribution in [2.45, 2.75) is 26.7 Å². The molecule has 2 aromatic rings. The summed E-state index contributed by atoms with van der Waals surface area (Å²) in [6.07, 6.45) is 1.69. The second kappa shape index (κ2) is 11.9. The number of thioether (sulfide) groups is 1. The van der Waals surface area contributed by atoms with Gasteiger partial charge in [-0.3, -0.25) is 9.59 Å². The number of rotatable bonds is 10. The molecule has 7 heteroatoms. The van der Waals surface area contributed by atoms with Crippen LogP contribution in [0.5, 0.6) is 0 Å². The minimum Gasteiger partial charge on any atom is -0.462 e. The number of anilines is 2. The van der Waals surface area contributed by atoms with Crippen molar-refractivity contribution < 1.29 is 19.1 Å². The van der Waals surface area contributed by atoms with Crippen LogP contribution in [-0.2, 0) is 20.7 Å². The van der Waals surface area contributed by atoms with Crippen LogP contribution in [0.15, 0.2) is 48.5 Å². The molecule has 0 radical (unpaired) electrons. The highest BCUT2D eigenvalue weighted by Crippen LogP contribution is 2.14. The summed E-state index contributed by atoms with van der Waals surface area (Å²) in [4.78, 5) is 36.0. The summed E-state index contributed by atoms with van der Waals surface area (Å²) in [6, 6.07) is 14.3. The minimum absolute atomic E-state index is 0.132. The van der Waals surface area contributed by atoms with Gasteiger partial charge in [0.15, 0.2) is 0 Å². The summed E-state index contributed by atoms with van der Waals surface area (Å²) in [5.41, 5.74) is 2.85. The number of aryl methyl sites for hydroxylation is 1. The van der Waals surface area contributed by atoms with Crippen LogP contribution >= 0.6 is 11.8 Å². The highest BCUT2D eigenvalue weighted by atomic mass is 32.2. The largest absolute Gasteiger partial charge is 0.462 e. The Labute approximate surface area is 175 Å². The zero-order chi connectivity index (χ0) is 21.1. The van der Waals surface area contributed by atoms with Gasteiger partial charge in [-0.15, -0.1) is 11.8 Å². The van der Waals surface area contributed by atoms with Gasteiger partial charge in [0, 0.05) is 11.4 Å². The van der Waals surface area contributed by atoms with Gasteiger partial charge in [-0.25, -0.2) is 4.79 Å². The van der Waals surface area contributed by atoms with Gasteiger partial charge < -0.3 is 15.4 Å². The second-order valence-electron chi connectivity index (χ2n) is 6.36. The second-order valence-corrected chi connectivity index (χ2v) is 7.34. The van der Waals surface area contributed by atoms with E-state index in [-0.39, 0.29) is 23.3 Å². The van der Waals surface area contributed by atoms with E-state index in [0.717, 1.165) is 18.5 Å². The van der Waals surface area contributed by atoms with Crippen molar-refractivity contribution in [3.05, 3.63) is 59.7 Å². The molecule has 0 aliphatic rings. The van der Waals surface area contributed by atoms with Crippen LogP contribution < -0.4 is 10.6 Å².